The van der Waals surface area contributed by atoms with E-state index >= 15 is 0 Å². The van der Waals surface area contributed by atoms with Crippen molar-refractivity contribution in [1.29, 1.82) is 0 Å². The first-order valence-electron chi connectivity index (χ1n) is 6.69. The molecule has 0 aliphatic heterocycles. The van der Waals surface area contributed by atoms with Gasteiger partial charge in [-0.15, -0.1) is 0 Å². The molecular weight excluding hydrogens is 186 g/mol. The predicted molar refractivity (Wildman–Crippen MR) is 63.0 cm³/mol. The maximum atomic E-state index is 6.12. The number of hydrogen-bond donors (Lipinski definition) is 1. The molecule has 1 N–H and O–H groups in total. The molecule has 2 aliphatic carbocycles. The third-order valence-corrected chi connectivity index (χ3v) is 3.90. The molecule has 2 heteroatoms. The Morgan fingerprint density at radius 1 is 1.33 bits per heavy atom. The molecule has 0 amide bonds. The van der Waals surface area contributed by atoms with E-state index in [1.165, 1.54) is 44.9 Å². The van der Waals surface area contributed by atoms with Crippen molar-refractivity contribution >= 4 is 0 Å². The van der Waals surface area contributed by atoms with Crippen molar-refractivity contribution < 1.29 is 4.74 Å². The second-order valence-corrected chi connectivity index (χ2v) is 5.22. The van der Waals surface area contributed by atoms with E-state index in [2.05, 4.69) is 12.2 Å². The lowest BCUT2D eigenvalue weighted by molar-refractivity contribution is -0.106. The molecule has 0 spiro atoms. The van der Waals surface area contributed by atoms with Gasteiger partial charge >= 0.3 is 0 Å². The zero-order chi connectivity index (χ0) is 10.6. The number of hydrogen-bond acceptors (Lipinski definition) is 2. The van der Waals surface area contributed by atoms with Crippen LogP contribution in [0.25, 0.3) is 0 Å². The van der Waals surface area contributed by atoms with E-state index < -0.39 is 0 Å². The SMILES string of the molecule is CCNCCC1(OCCC2CC2)CCC1. The summed E-state index contributed by atoms with van der Waals surface area (Å²) >= 11 is 0. The monoisotopic (exact) mass is 211 g/mol. The van der Waals surface area contributed by atoms with E-state index in [0.29, 0.717) is 0 Å². The molecular formula is C13H25NO. The molecule has 2 aliphatic rings. The highest BCUT2D eigenvalue weighted by molar-refractivity contribution is 4.90. The van der Waals surface area contributed by atoms with Crippen LogP contribution in [-0.2, 0) is 4.74 Å². The van der Waals surface area contributed by atoms with Gasteiger partial charge in [0.2, 0.25) is 0 Å². The van der Waals surface area contributed by atoms with Crippen LogP contribution in [0.15, 0.2) is 0 Å². The van der Waals surface area contributed by atoms with E-state index in [1.807, 2.05) is 0 Å². The smallest absolute Gasteiger partial charge is 0.0694 e. The molecule has 0 heterocycles. The van der Waals surface area contributed by atoms with Gasteiger partial charge in [0.25, 0.3) is 0 Å². The lowest BCUT2D eigenvalue weighted by Crippen LogP contribution is -2.42. The summed E-state index contributed by atoms with van der Waals surface area (Å²) in [7, 11) is 0. The Morgan fingerprint density at radius 3 is 2.67 bits per heavy atom. The van der Waals surface area contributed by atoms with Gasteiger partial charge in [-0.25, -0.2) is 0 Å². The van der Waals surface area contributed by atoms with Crippen LogP contribution in [0, 0.1) is 5.92 Å². The Balaban J connectivity index is 1.60. The summed E-state index contributed by atoms with van der Waals surface area (Å²) < 4.78 is 6.12. The van der Waals surface area contributed by atoms with Crippen molar-refractivity contribution in [2.75, 3.05) is 19.7 Å². The fraction of sp³-hybridized carbons (Fsp3) is 1.00. The van der Waals surface area contributed by atoms with E-state index in [1.54, 1.807) is 0 Å². The highest BCUT2D eigenvalue weighted by atomic mass is 16.5. The summed E-state index contributed by atoms with van der Waals surface area (Å²) in [6.07, 6.45) is 9.39. The summed E-state index contributed by atoms with van der Waals surface area (Å²) in [5.74, 6) is 1.01. The standard InChI is InChI=1S/C13H25NO/c1-2-14-10-9-13(7-3-8-13)15-11-6-12-4-5-12/h12,14H,2-11H2,1H3. The Labute approximate surface area is 93.8 Å². The second-order valence-electron chi connectivity index (χ2n) is 5.22. The Kier molecular flexibility index (Phi) is 4.04. The van der Waals surface area contributed by atoms with Crippen LogP contribution in [0.2, 0.25) is 0 Å². The quantitative estimate of drug-likeness (QED) is 0.623. The summed E-state index contributed by atoms with van der Waals surface area (Å²) in [6.45, 7) is 5.39. The molecule has 0 unspecified atom stereocenters. The van der Waals surface area contributed by atoms with E-state index in [4.69, 9.17) is 4.74 Å². The minimum atomic E-state index is 0.275. The van der Waals surface area contributed by atoms with Gasteiger partial charge in [-0.05, 0) is 51.1 Å². The minimum absolute atomic E-state index is 0.275. The molecule has 0 atom stereocenters. The van der Waals surface area contributed by atoms with Crippen molar-refractivity contribution in [3.63, 3.8) is 0 Å². The van der Waals surface area contributed by atoms with Crippen molar-refractivity contribution in [1.82, 2.24) is 5.32 Å². The molecule has 2 saturated carbocycles. The van der Waals surface area contributed by atoms with Gasteiger partial charge in [0, 0.05) is 6.61 Å². The third-order valence-electron chi connectivity index (χ3n) is 3.90. The first-order chi connectivity index (χ1) is 7.35. The van der Waals surface area contributed by atoms with Crippen LogP contribution < -0.4 is 5.32 Å². The molecule has 0 aromatic carbocycles. The van der Waals surface area contributed by atoms with Gasteiger partial charge in [0.15, 0.2) is 0 Å². The highest BCUT2D eigenvalue weighted by Crippen LogP contribution is 2.39. The second kappa shape index (κ2) is 5.31. The van der Waals surface area contributed by atoms with Crippen LogP contribution in [0.3, 0.4) is 0 Å². The fourth-order valence-electron chi connectivity index (χ4n) is 2.38. The third kappa shape index (κ3) is 3.46. The van der Waals surface area contributed by atoms with Crippen molar-refractivity contribution in [2.45, 2.75) is 57.5 Å². The van der Waals surface area contributed by atoms with Crippen molar-refractivity contribution in [3.05, 3.63) is 0 Å². The van der Waals surface area contributed by atoms with Gasteiger partial charge in [-0.1, -0.05) is 19.8 Å². The maximum Gasteiger partial charge on any atom is 0.0694 e. The minimum Gasteiger partial charge on any atom is -0.375 e. The number of nitrogens with one attached hydrogen (secondary N) is 1. The van der Waals surface area contributed by atoms with Gasteiger partial charge < -0.3 is 10.1 Å². The largest absolute Gasteiger partial charge is 0.375 e. The number of ether oxygens (including phenoxy) is 1. The average Bonchev–Trinajstić information content (AvgIpc) is 2.97. The molecule has 0 bridgehead atoms. The topological polar surface area (TPSA) is 21.3 Å². The van der Waals surface area contributed by atoms with Crippen LogP contribution in [0.4, 0.5) is 0 Å². The van der Waals surface area contributed by atoms with Gasteiger partial charge in [-0.2, -0.15) is 0 Å². The van der Waals surface area contributed by atoms with Crippen LogP contribution in [-0.4, -0.2) is 25.3 Å². The fourth-order valence-corrected chi connectivity index (χ4v) is 2.38. The Bertz CT molecular complexity index is 185. The van der Waals surface area contributed by atoms with E-state index in [9.17, 15) is 0 Å². The van der Waals surface area contributed by atoms with E-state index in [-0.39, 0.29) is 5.60 Å². The number of rotatable bonds is 8. The molecule has 0 saturated heterocycles. The predicted octanol–water partition coefficient (Wildman–Crippen LogP) is 2.73. The molecule has 0 aromatic heterocycles. The summed E-state index contributed by atoms with van der Waals surface area (Å²) in [6, 6.07) is 0. The van der Waals surface area contributed by atoms with Crippen molar-refractivity contribution in [3.8, 4) is 0 Å². The van der Waals surface area contributed by atoms with Gasteiger partial charge in [-0.3, -0.25) is 0 Å². The van der Waals surface area contributed by atoms with Crippen molar-refractivity contribution in [2.24, 2.45) is 5.92 Å². The van der Waals surface area contributed by atoms with Crippen LogP contribution in [0.5, 0.6) is 0 Å². The van der Waals surface area contributed by atoms with Gasteiger partial charge in [0.1, 0.15) is 0 Å². The molecule has 0 radical (unpaired) electrons. The Morgan fingerprint density at radius 2 is 2.13 bits per heavy atom. The molecule has 2 fully saturated rings. The Hall–Kier alpha value is -0.0800. The highest BCUT2D eigenvalue weighted by Gasteiger charge is 2.37. The lowest BCUT2D eigenvalue weighted by Gasteiger charge is -2.42. The van der Waals surface area contributed by atoms with Crippen LogP contribution >= 0.6 is 0 Å². The van der Waals surface area contributed by atoms with Gasteiger partial charge in [0.05, 0.1) is 5.60 Å². The summed E-state index contributed by atoms with van der Waals surface area (Å²) in [5.41, 5.74) is 0.275. The zero-order valence-electron chi connectivity index (χ0n) is 10.1. The van der Waals surface area contributed by atoms with Crippen LogP contribution in [0.1, 0.15) is 51.9 Å². The molecule has 15 heavy (non-hydrogen) atoms. The lowest BCUT2D eigenvalue weighted by atomic mass is 9.77. The zero-order valence-corrected chi connectivity index (χ0v) is 10.1. The average molecular weight is 211 g/mol. The summed E-state index contributed by atoms with van der Waals surface area (Å²) in [5, 5.41) is 3.40. The first kappa shape index (κ1) is 11.4. The van der Waals surface area contributed by atoms with E-state index in [0.717, 1.165) is 25.6 Å². The first-order valence-corrected chi connectivity index (χ1v) is 6.69. The molecule has 2 rings (SSSR count). The normalized spacial score (nSPS) is 23.8. The maximum absolute atomic E-state index is 6.12. The molecule has 0 aromatic rings. The molecule has 88 valence electrons. The summed E-state index contributed by atoms with van der Waals surface area (Å²) in [4.78, 5) is 0. The molecule has 2 nitrogen and oxygen atoms in total.